The molecule has 1 fully saturated rings. The maximum atomic E-state index is 12.1. The lowest BCUT2D eigenvalue weighted by atomic mass is 10.1. The highest BCUT2D eigenvalue weighted by Crippen LogP contribution is 2.34. The number of hydrogen-bond acceptors (Lipinski definition) is 6. The summed E-state index contributed by atoms with van der Waals surface area (Å²) in [7, 11) is 0. The van der Waals surface area contributed by atoms with Gasteiger partial charge >= 0.3 is 5.97 Å². The van der Waals surface area contributed by atoms with Gasteiger partial charge in [0.2, 0.25) is 0 Å². The number of benzene rings is 1. The van der Waals surface area contributed by atoms with Crippen molar-refractivity contribution in [3.63, 3.8) is 0 Å². The number of hydrogen-bond donors (Lipinski definition) is 0. The quantitative estimate of drug-likeness (QED) is 0.476. The molecule has 8 heteroatoms. The highest BCUT2D eigenvalue weighted by Gasteiger charge is 2.31. The molecule has 1 aliphatic rings. The van der Waals surface area contributed by atoms with Crippen LogP contribution in [-0.4, -0.2) is 31.8 Å². The summed E-state index contributed by atoms with van der Waals surface area (Å²) >= 11 is 0. The highest BCUT2D eigenvalue weighted by molar-refractivity contribution is 5.91. The van der Waals surface area contributed by atoms with E-state index in [2.05, 4.69) is 10.1 Å². The molecule has 1 aromatic carbocycles. The molecule has 1 atom stereocenters. The van der Waals surface area contributed by atoms with E-state index in [-0.39, 0.29) is 23.0 Å². The molecule has 114 valence electrons. The molecule has 1 heterocycles. The number of ether oxygens (including phenoxy) is 1. The average Bonchev–Trinajstić information content (AvgIpc) is 3.22. The molecule has 0 bridgehead atoms. The molecule has 0 saturated heterocycles. The Labute approximate surface area is 125 Å². The summed E-state index contributed by atoms with van der Waals surface area (Å²) in [4.78, 5) is 26.5. The molecule has 1 aliphatic carbocycles. The van der Waals surface area contributed by atoms with E-state index in [0.717, 1.165) is 12.8 Å². The van der Waals surface area contributed by atoms with Gasteiger partial charge in [-0.2, -0.15) is 5.10 Å². The predicted octanol–water partition coefficient (Wildman–Crippen LogP) is 2.13. The van der Waals surface area contributed by atoms with Crippen molar-refractivity contribution in [2.24, 2.45) is 5.92 Å². The number of esters is 1. The van der Waals surface area contributed by atoms with Crippen molar-refractivity contribution >= 4 is 11.7 Å². The van der Waals surface area contributed by atoms with Gasteiger partial charge in [-0.3, -0.25) is 10.1 Å². The third-order valence-electron chi connectivity index (χ3n) is 3.65. The van der Waals surface area contributed by atoms with Gasteiger partial charge in [-0.25, -0.2) is 14.5 Å². The lowest BCUT2D eigenvalue weighted by Crippen LogP contribution is -2.17. The Kier molecular flexibility index (Phi) is 3.58. The van der Waals surface area contributed by atoms with Crippen LogP contribution in [0.5, 0.6) is 0 Å². The SMILES string of the molecule is C[C@H](OC(=O)c1ccc(-n2cncn2)c([N+](=O)[O-])c1)C1CC1. The Morgan fingerprint density at radius 2 is 2.27 bits per heavy atom. The number of aromatic nitrogens is 3. The fourth-order valence-electron chi connectivity index (χ4n) is 2.22. The van der Waals surface area contributed by atoms with Crippen LogP contribution in [0.1, 0.15) is 30.1 Å². The summed E-state index contributed by atoms with van der Waals surface area (Å²) in [6, 6.07) is 4.16. The summed E-state index contributed by atoms with van der Waals surface area (Å²) in [6.45, 7) is 1.84. The Hall–Kier alpha value is -2.77. The maximum absolute atomic E-state index is 12.1. The van der Waals surface area contributed by atoms with Crippen LogP contribution in [0, 0.1) is 16.0 Å². The number of nitro benzene ring substituents is 1. The molecule has 1 saturated carbocycles. The maximum Gasteiger partial charge on any atom is 0.338 e. The normalized spacial score (nSPS) is 15.3. The van der Waals surface area contributed by atoms with Gasteiger partial charge in [0.25, 0.3) is 5.69 Å². The van der Waals surface area contributed by atoms with E-state index < -0.39 is 10.9 Å². The summed E-state index contributed by atoms with van der Waals surface area (Å²) in [5, 5.41) is 15.1. The molecule has 0 unspecified atom stereocenters. The molecule has 0 N–H and O–H groups in total. The van der Waals surface area contributed by atoms with Crippen LogP contribution in [-0.2, 0) is 4.74 Å². The second-order valence-electron chi connectivity index (χ2n) is 5.25. The van der Waals surface area contributed by atoms with Crippen LogP contribution in [0.4, 0.5) is 5.69 Å². The van der Waals surface area contributed by atoms with E-state index in [0.29, 0.717) is 5.92 Å². The number of nitro groups is 1. The molecule has 22 heavy (non-hydrogen) atoms. The third kappa shape index (κ3) is 2.80. The minimum absolute atomic E-state index is 0.156. The fraction of sp³-hybridized carbons (Fsp3) is 0.357. The van der Waals surface area contributed by atoms with Crippen LogP contribution < -0.4 is 0 Å². The first kappa shape index (κ1) is 14.2. The van der Waals surface area contributed by atoms with Crippen molar-refractivity contribution in [3.8, 4) is 5.69 Å². The lowest BCUT2D eigenvalue weighted by Gasteiger charge is -2.12. The van der Waals surface area contributed by atoms with Crippen molar-refractivity contribution in [2.75, 3.05) is 0 Å². The third-order valence-corrected chi connectivity index (χ3v) is 3.65. The van der Waals surface area contributed by atoms with Gasteiger partial charge in [0.15, 0.2) is 0 Å². The molecule has 0 radical (unpaired) electrons. The fourth-order valence-corrected chi connectivity index (χ4v) is 2.22. The van der Waals surface area contributed by atoms with Gasteiger partial charge in [-0.15, -0.1) is 0 Å². The molecule has 1 aromatic heterocycles. The van der Waals surface area contributed by atoms with Gasteiger partial charge < -0.3 is 4.74 Å². The standard InChI is InChI=1S/C14H14N4O4/c1-9(10-2-3-10)22-14(19)11-4-5-12(13(6-11)18(20)21)17-8-15-7-16-17/h4-10H,2-3H2,1H3/t9-/m0/s1. The van der Waals surface area contributed by atoms with Crippen molar-refractivity contribution in [3.05, 3.63) is 46.5 Å². The lowest BCUT2D eigenvalue weighted by molar-refractivity contribution is -0.384. The van der Waals surface area contributed by atoms with Crippen LogP contribution in [0.2, 0.25) is 0 Å². The van der Waals surface area contributed by atoms with Crippen LogP contribution in [0.25, 0.3) is 5.69 Å². The topological polar surface area (TPSA) is 100 Å². The summed E-state index contributed by atoms with van der Waals surface area (Å²) in [5.41, 5.74) is 0.177. The summed E-state index contributed by atoms with van der Waals surface area (Å²) in [6.07, 6.45) is 4.58. The van der Waals surface area contributed by atoms with Crippen molar-refractivity contribution in [1.82, 2.24) is 14.8 Å². The van der Waals surface area contributed by atoms with E-state index in [4.69, 9.17) is 4.74 Å². The van der Waals surface area contributed by atoms with E-state index in [9.17, 15) is 14.9 Å². The van der Waals surface area contributed by atoms with E-state index in [1.165, 1.54) is 35.5 Å². The van der Waals surface area contributed by atoms with Gasteiger partial charge in [0, 0.05) is 6.07 Å². The second-order valence-corrected chi connectivity index (χ2v) is 5.25. The minimum Gasteiger partial charge on any atom is -0.459 e. The number of carbonyl (C=O) groups is 1. The summed E-state index contributed by atoms with van der Waals surface area (Å²) in [5.74, 6) is -0.138. The molecule has 8 nitrogen and oxygen atoms in total. The Bertz CT molecular complexity index is 710. The largest absolute Gasteiger partial charge is 0.459 e. The first-order valence-electron chi connectivity index (χ1n) is 6.90. The second kappa shape index (κ2) is 5.55. The zero-order valence-electron chi connectivity index (χ0n) is 11.9. The molecule has 0 aliphatic heterocycles. The van der Waals surface area contributed by atoms with E-state index in [1.54, 1.807) is 0 Å². The number of carbonyl (C=O) groups excluding carboxylic acids is 1. The number of rotatable bonds is 5. The van der Waals surface area contributed by atoms with Crippen molar-refractivity contribution in [1.29, 1.82) is 0 Å². The Balaban J connectivity index is 1.88. The molecule has 0 spiro atoms. The van der Waals surface area contributed by atoms with E-state index in [1.807, 2.05) is 6.92 Å². The van der Waals surface area contributed by atoms with Crippen molar-refractivity contribution in [2.45, 2.75) is 25.9 Å². The first-order chi connectivity index (χ1) is 10.6. The minimum atomic E-state index is -0.557. The molecular weight excluding hydrogens is 288 g/mol. The zero-order valence-corrected chi connectivity index (χ0v) is 11.9. The average molecular weight is 302 g/mol. The molecular formula is C14H14N4O4. The Morgan fingerprint density at radius 3 is 2.86 bits per heavy atom. The van der Waals surface area contributed by atoms with Gasteiger partial charge in [0.1, 0.15) is 24.4 Å². The van der Waals surface area contributed by atoms with Gasteiger partial charge in [0.05, 0.1) is 10.5 Å². The molecule has 3 rings (SSSR count). The van der Waals surface area contributed by atoms with Crippen LogP contribution in [0.15, 0.2) is 30.9 Å². The van der Waals surface area contributed by atoms with Gasteiger partial charge in [-0.05, 0) is 37.8 Å². The van der Waals surface area contributed by atoms with Gasteiger partial charge in [-0.1, -0.05) is 0 Å². The predicted molar refractivity (Wildman–Crippen MR) is 75.6 cm³/mol. The highest BCUT2D eigenvalue weighted by atomic mass is 16.6. The first-order valence-corrected chi connectivity index (χ1v) is 6.90. The van der Waals surface area contributed by atoms with Crippen LogP contribution in [0.3, 0.4) is 0 Å². The van der Waals surface area contributed by atoms with Crippen molar-refractivity contribution < 1.29 is 14.5 Å². The number of nitrogens with zero attached hydrogens (tertiary/aromatic N) is 4. The smallest absolute Gasteiger partial charge is 0.338 e. The van der Waals surface area contributed by atoms with Crippen LogP contribution >= 0.6 is 0 Å². The summed E-state index contributed by atoms with van der Waals surface area (Å²) < 4.78 is 6.61. The molecule has 0 amide bonds. The zero-order chi connectivity index (χ0) is 15.7. The molecule has 2 aromatic rings. The van der Waals surface area contributed by atoms with E-state index >= 15 is 0 Å². The Morgan fingerprint density at radius 1 is 1.50 bits per heavy atom. The monoisotopic (exact) mass is 302 g/mol.